The van der Waals surface area contributed by atoms with Crippen molar-refractivity contribution in [1.82, 2.24) is 15.6 Å². The maximum atomic E-state index is 12.0. The summed E-state index contributed by atoms with van der Waals surface area (Å²) in [5.41, 5.74) is 0. The summed E-state index contributed by atoms with van der Waals surface area (Å²) in [6, 6.07) is 3.40. The zero-order valence-electron chi connectivity index (χ0n) is 11.8. The van der Waals surface area contributed by atoms with Gasteiger partial charge in [0, 0.05) is 11.1 Å². The molecule has 0 radical (unpaired) electrons. The van der Waals surface area contributed by atoms with Gasteiger partial charge >= 0.3 is 0 Å². The lowest BCUT2D eigenvalue weighted by Crippen LogP contribution is -2.42. The van der Waals surface area contributed by atoms with Gasteiger partial charge in [0.15, 0.2) is 0 Å². The van der Waals surface area contributed by atoms with Crippen LogP contribution >= 0.6 is 11.3 Å². The van der Waals surface area contributed by atoms with Crippen LogP contribution in [-0.2, 0) is 11.3 Å². The fourth-order valence-electron chi connectivity index (χ4n) is 1.83. The summed E-state index contributed by atoms with van der Waals surface area (Å²) in [5.74, 6) is 0.690. The molecule has 2 N–H and O–H groups in total. The summed E-state index contributed by atoms with van der Waals surface area (Å²) < 4.78 is 5.17. The van der Waals surface area contributed by atoms with Crippen molar-refractivity contribution < 1.29 is 9.21 Å². The summed E-state index contributed by atoms with van der Waals surface area (Å²) in [5, 5.41) is 7.07. The molecule has 6 heteroatoms. The van der Waals surface area contributed by atoms with E-state index in [1.807, 2.05) is 33.0 Å². The van der Waals surface area contributed by atoms with Crippen LogP contribution in [0.15, 0.2) is 29.0 Å². The molecule has 2 atom stereocenters. The predicted octanol–water partition coefficient (Wildman–Crippen LogP) is 2.40. The number of aryl methyl sites for hydroxylation is 1. The van der Waals surface area contributed by atoms with Gasteiger partial charge in [0.25, 0.3) is 0 Å². The highest BCUT2D eigenvalue weighted by Gasteiger charge is 2.17. The lowest BCUT2D eigenvalue weighted by Gasteiger charge is -2.17. The van der Waals surface area contributed by atoms with E-state index in [2.05, 4.69) is 15.6 Å². The fourth-order valence-corrected chi connectivity index (χ4v) is 2.62. The highest BCUT2D eigenvalue weighted by Crippen LogP contribution is 2.19. The van der Waals surface area contributed by atoms with Crippen molar-refractivity contribution in [2.24, 2.45) is 0 Å². The number of thiazole rings is 1. The van der Waals surface area contributed by atoms with Crippen LogP contribution < -0.4 is 10.6 Å². The Kier molecular flexibility index (Phi) is 4.92. The highest BCUT2D eigenvalue weighted by molar-refractivity contribution is 7.11. The van der Waals surface area contributed by atoms with E-state index in [4.69, 9.17) is 4.42 Å². The van der Waals surface area contributed by atoms with Gasteiger partial charge in [-0.1, -0.05) is 0 Å². The first kappa shape index (κ1) is 14.7. The zero-order chi connectivity index (χ0) is 14.5. The number of aromatic nitrogens is 1. The van der Waals surface area contributed by atoms with Crippen LogP contribution in [0, 0.1) is 6.92 Å². The zero-order valence-corrected chi connectivity index (χ0v) is 12.7. The minimum atomic E-state index is -0.288. The highest BCUT2D eigenvalue weighted by atomic mass is 32.1. The van der Waals surface area contributed by atoms with E-state index >= 15 is 0 Å². The van der Waals surface area contributed by atoms with Crippen LogP contribution in [0.25, 0.3) is 0 Å². The van der Waals surface area contributed by atoms with Gasteiger partial charge in [0.05, 0.1) is 24.9 Å². The minimum absolute atomic E-state index is 0.0538. The maximum Gasteiger partial charge on any atom is 0.237 e. The predicted molar refractivity (Wildman–Crippen MR) is 78.4 cm³/mol. The number of rotatable bonds is 6. The normalized spacial score (nSPS) is 13.9. The van der Waals surface area contributed by atoms with Gasteiger partial charge in [-0.2, -0.15) is 0 Å². The molecule has 0 aliphatic carbocycles. The molecule has 20 heavy (non-hydrogen) atoms. The lowest BCUT2D eigenvalue weighted by molar-refractivity contribution is -0.123. The first-order valence-corrected chi connectivity index (χ1v) is 7.36. The van der Waals surface area contributed by atoms with E-state index in [1.54, 1.807) is 23.7 Å². The van der Waals surface area contributed by atoms with Crippen LogP contribution in [-0.4, -0.2) is 16.9 Å². The van der Waals surface area contributed by atoms with Gasteiger partial charge in [-0.15, -0.1) is 11.3 Å². The maximum absolute atomic E-state index is 12.0. The molecule has 5 nitrogen and oxygen atoms in total. The molecular weight excluding hydrogens is 274 g/mol. The minimum Gasteiger partial charge on any atom is -0.467 e. The smallest absolute Gasteiger partial charge is 0.237 e. The van der Waals surface area contributed by atoms with E-state index in [1.165, 1.54) is 4.88 Å². The number of hydrogen-bond donors (Lipinski definition) is 2. The third-order valence-corrected chi connectivity index (χ3v) is 4.02. The Morgan fingerprint density at radius 1 is 1.50 bits per heavy atom. The SMILES string of the molecule is Cc1cnc(C(C)NC(C)C(=O)NCc2ccco2)s1. The molecule has 0 spiro atoms. The van der Waals surface area contributed by atoms with Crippen LogP contribution in [0.2, 0.25) is 0 Å². The topological polar surface area (TPSA) is 67.2 Å². The van der Waals surface area contributed by atoms with Crippen molar-refractivity contribution in [3.05, 3.63) is 40.2 Å². The number of hydrogen-bond acceptors (Lipinski definition) is 5. The average molecular weight is 293 g/mol. The van der Waals surface area contributed by atoms with Crippen molar-refractivity contribution in [2.75, 3.05) is 0 Å². The Balaban J connectivity index is 1.81. The summed E-state index contributed by atoms with van der Waals surface area (Å²) >= 11 is 1.64. The van der Waals surface area contributed by atoms with E-state index in [0.717, 1.165) is 10.8 Å². The summed E-state index contributed by atoms with van der Waals surface area (Å²) in [6.45, 7) is 6.28. The molecule has 0 aliphatic heterocycles. The van der Waals surface area contributed by atoms with Crippen molar-refractivity contribution in [3.63, 3.8) is 0 Å². The number of nitrogens with one attached hydrogen (secondary N) is 2. The Labute approximate surface area is 122 Å². The third kappa shape index (κ3) is 3.91. The van der Waals surface area contributed by atoms with Gasteiger partial charge < -0.3 is 9.73 Å². The third-order valence-electron chi connectivity index (χ3n) is 2.92. The molecule has 0 saturated heterocycles. The van der Waals surface area contributed by atoms with Gasteiger partial charge in [-0.25, -0.2) is 4.98 Å². The first-order chi connectivity index (χ1) is 9.56. The molecule has 0 aliphatic rings. The Morgan fingerprint density at radius 3 is 2.90 bits per heavy atom. The molecular formula is C14H19N3O2S. The summed E-state index contributed by atoms with van der Waals surface area (Å²) in [6.07, 6.45) is 3.44. The molecule has 2 aromatic heterocycles. The fraction of sp³-hybridized carbons (Fsp3) is 0.429. The Hall–Kier alpha value is -1.66. The lowest BCUT2D eigenvalue weighted by atomic mass is 10.2. The molecule has 2 heterocycles. The van der Waals surface area contributed by atoms with Crippen molar-refractivity contribution in [2.45, 2.75) is 39.4 Å². The number of carbonyl (C=O) groups is 1. The average Bonchev–Trinajstić information content (AvgIpc) is 3.06. The molecule has 0 fully saturated rings. The quantitative estimate of drug-likeness (QED) is 0.858. The van der Waals surface area contributed by atoms with E-state index < -0.39 is 0 Å². The molecule has 2 unspecified atom stereocenters. The van der Waals surface area contributed by atoms with Crippen molar-refractivity contribution >= 4 is 17.2 Å². The van der Waals surface area contributed by atoms with E-state index in [9.17, 15) is 4.79 Å². The number of carbonyl (C=O) groups excluding carboxylic acids is 1. The van der Waals surface area contributed by atoms with Gasteiger partial charge in [0.1, 0.15) is 10.8 Å². The van der Waals surface area contributed by atoms with Crippen LogP contribution in [0.3, 0.4) is 0 Å². The van der Waals surface area contributed by atoms with Crippen LogP contribution in [0.5, 0.6) is 0 Å². The largest absolute Gasteiger partial charge is 0.467 e. The van der Waals surface area contributed by atoms with E-state index in [0.29, 0.717) is 6.54 Å². The van der Waals surface area contributed by atoms with Gasteiger partial charge in [-0.05, 0) is 32.9 Å². The second kappa shape index (κ2) is 6.67. The summed E-state index contributed by atoms with van der Waals surface area (Å²) in [7, 11) is 0. The molecule has 0 bridgehead atoms. The molecule has 2 rings (SSSR count). The summed E-state index contributed by atoms with van der Waals surface area (Å²) in [4.78, 5) is 17.5. The Bertz CT molecular complexity index is 551. The van der Waals surface area contributed by atoms with Crippen molar-refractivity contribution in [3.8, 4) is 0 Å². The number of nitrogens with zero attached hydrogens (tertiary/aromatic N) is 1. The molecule has 0 saturated carbocycles. The van der Waals surface area contributed by atoms with E-state index in [-0.39, 0.29) is 18.0 Å². The van der Waals surface area contributed by atoms with Crippen molar-refractivity contribution in [1.29, 1.82) is 0 Å². The second-order valence-corrected chi connectivity index (χ2v) is 5.98. The number of furan rings is 1. The van der Waals surface area contributed by atoms with Crippen LogP contribution in [0.1, 0.15) is 35.5 Å². The van der Waals surface area contributed by atoms with Gasteiger partial charge in [-0.3, -0.25) is 10.1 Å². The molecule has 1 amide bonds. The molecule has 108 valence electrons. The van der Waals surface area contributed by atoms with Gasteiger partial charge in [0.2, 0.25) is 5.91 Å². The second-order valence-electron chi connectivity index (χ2n) is 4.72. The molecule has 2 aromatic rings. The first-order valence-electron chi connectivity index (χ1n) is 6.54. The monoisotopic (exact) mass is 293 g/mol. The van der Waals surface area contributed by atoms with Crippen LogP contribution in [0.4, 0.5) is 0 Å². The standard InChI is InChI=1S/C14H19N3O2S/c1-9-7-16-14(20-9)11(3)17-10(2)13(18)15-8-12-5-4-6-19-12/h4-7,10-11,17H,8H2,1-3H3,(H,15,18). The Morgan fingerprint density at radius 2 is 2.30 bits per heavy atom. The molecule has 0 aromatic carbocycles. The number of amides is 1.